The van der Waals surface area contributed by atoms with E-state index in [1.54, 1.807) is 30.3 Å². The molecule has 3 N–H and O–H groups in total. The van der Waals surface area contributed by atoms with Gasteiger partial charge in [0.05, 0.1) is 29.8 Å². The van der Waals surface area contributed by atoms with Gasteiger partial charge in [-0.1, -0.05) is 52.8 Å². The van der Waals surface area contributed by atoms with E-state index >= 15 is 0 Å². The van der Waals surface area contributed by atoms with Gasteiger partial charge in [0.15, 0.2) is 11.4 Å². The van der Waals surface area contributed by atoms with Crippen LogP contribution in [0.3, 0.4) is 0 Å². The minimum Gasteiger partial charge on any atom is -0.447 e. The van der Waals surface area contributed by atoms with Crippen molar-refractivity contribution in [1.82, 2.24) is 0 Å². The Morgan fingerprint density at radius 1 is 1.00 bits per heavy atom. The second-order valence-corrected chi connectivity index (χ2v) is 12.2. The summed E-state index contributed by atoms with van der Waals surface area (Å²) in [5.41, 5.74) is -3.52. The predicted molar refractivity (Wildman–Crippen MR) is 121 cm³/mol. The number of carbonyl (C=O) groups is 2. The van der Waals surface area contributed by atoms with Gasteiger partial charge in [0, 0.05) is 16.7 Å². The quantitative estimate of drug-likeness (QED) is 0.591. The fourth-order valence-electron chi connectivity index (χ4n) is 8.32. The van der Waals surface area contributed by atoms with Gasteiger partial charge >= 0.3 is 5.97 Å². The molecule has 4 aliphatic carbocycles. The number of ketones is 1. The van der Waals surface area contributed by atoms with Crippen LogP contribution in [0.15, 0.2) is 30.3 Å². The van der Waals surface area contributed by atoms with Crippen LogP contribution in [0.5, 0.6) is 0 Å². The van der Waals surface area contributed by atoms with Gasteiger partial charge in [0.25, 0.3) is 0 Å². The highest BCUT2D eigenvalue weighted by Crippen LogP contribution is 2.74. The highest BCUT2D eigenvalue weighted by atomic mass is 16.6. The van der Waals surface area contributed by atoms with Crippen molar-refractivity contribution in [3.05, 3.63) is 35.9 Å². The molecule has 10 atom stereocenters. The van der Waals surface area contributed by atoms with Crippen LogP contribution < -0.4 is 0 Å². The zero-order valence-corrected chi connectivity index (χ0v) is 20.1. The second-order valence-electron chi connectivity index (χ2n) is 12.2. The van der Waals surface area contributed by atoms with E-state index in [4.69, 9.17) is 4.74 Å². The van der Waals surface area contributed by atoms with E-state index in [1.807, 2.05) is 34.6 Å². The molecule has 4 aliphatic rings. The number of aliphatic hydroxyl groups is 3. The summed E-state index contributed by atoms with van der Waals surface area (Å²) in [5, 5.41) is 34.1. The molecular formula is C27H36O6. The van der Waals surface area contributed by atoms with Crippen LogP contribution in [-0.4, -0.2) is 51.0 Å². The molecule has 0 saturated heterocycles. The minimum absolute atomic E-state index is 0.142. The average Bonchev–Trinajstić information content (AvgIpc) is 3.04. The van der Waals surface area contributed by atoms with Crippen LogP contribution in [0.2, 0.25) is 0 Å². The first-order chi connectivity index (χ1) is 15.3. The molecule has 6 heteroatoms. The maximum atomic E-state index is 14.6. The number of Topliss-reactive ketones (excluding diaryl/α,β-unsaturated/α-hetero) is 1. The molecule has 180 valence electrons. The lowest BCUT2D eigenvalue weighted by atomic mass is 9.32. The SMILES string of the molecule is C[C@@H]1C[C@]2(OC(=O)c3ccccc3)C(=O)[C@@]3(C)[C@H]4C(CC[C@@]3(C)[C@H](O)[C@H]2[C@H]1O)C(C)(C)[C@@H]4O. The molecule has 33 heavy (non-hydrogen) atoms. The molecule has 4 saturated carbocycles. The summed E-state index contributed by atoms with van der Waals surface area (Å²) in [6.07, 6.45) is -1.11. The molecular weight excluding hydrogens is 420 g/mol. The van der Waals surface area contributed by atoms with Gasteiger partial charge in [-0.25, -0.2) is 4.79 Å². The molecule has 0 spiro atoms. The molecule has 0 aromatic heterocycles. The van der Waals surface area contributed by atoms with E-state index in [9.17, 15) is 24.9 Å². The van der Waals surface area contributed by atoms with Gasteiger partial charge < -0.3 is 20.1 Å². The molecule has 0 aliphatic heterocycles. The van der Waals surface area contributed by atoms with Crippen molar-refractivity contribution < 1.29 is 29.6 Å². The van der Waals surface area contributed by atoms with Gasteiger partial charge in [-0.05, 0) is 48.6 Å². The normalized spacial score (nSPS) is 49.9. The molecule has 6 nitrogen and oxygen atoms in total. The molecule has 1 unspecified atom stereocenters. The Labute approximate surface area is 195 Å². The number of ether oxygens (including phenoxy) is 1. The maximum Gasteiger partial charge on any atom is 0.339 e. The largest absolute Gasteiger partial charge is 0.447 e. The van der Waals surface area contributed by atoms with Crippen LogP contribution in [-0.2, 0) is 9.53 Å². The van der Waals surface area contributed by atoms with Gasteiger partial charge in [-0.3, -0.25) is 4.79 Å². The van der Waals surface area contributed by atoms with Gasteiger partial charge in [-0.15, -0.1) is 0 Å². The molecule has 5 rings (SSSR count). The van der Waals surface area contributed by atoms with E-state index in [2.05, 4.69) is 0 Å². The lowest BCUT2D eigenvalue weighted by Crippen LogP contribution is -2.79. The molecule has 0 bridgehead atoms. The summed E-state index contributed by atoms with van der Waals surface area (Å²) in [6.45, 7) is 9.67. The first-order valence-electron chi connectivity index (χ1n) is 12.2. The Hall–Kier alpha value is -1.76. The highest BCUT2D eigenvalue weighted by molar-refractivity contribution is 5.99. The topological polar surface area (TPSA) is 104 Å². The van der Waals surface area contributed by atoms with E-state index in [0.717, 1.165) is 6.42 Å². The number of hydrogen-bond acceptors (Lipinski definition) is 6. The summed E-state index contributed by atoms with van der Waals surface area (Å²) in [4.78, 5) is 27.8. The van der Waals surface area contributed by atoms with Crippen molar-refractivity contribution in [3.8, 4) is 0 Å². The summed E-state index contributed by atoms with van der Waals surface area (Å²) < 4.78 is 6.08. The van der Waals surface area contributed by atoms with Crippen LogP contribution in [0.1, 0.15) is 64.2 Å². The average molecular weight is 457 g/mol. The van der Waals surface area contributed by atoms with E-state index in [-0.39, 0.29) is 35.4 Å². The maximum absolute atomic E-state index is 14.6. The number of fused-ring (bicyclic) bond motifs is 4. The molecule has 0 heterocycles. The summed E-state index contributed by atoms with van der Waals surface area (Å²) in [7, 11) is 0. The predicted octanol–water partition coefficient (Wildman–Crippen LogP) is 2.98. The third-order valence-electron chi connectivity index (χ3n) is 10.6. The van der Waals surface area contributed by atoms with Crippen molar-refractivity contribution >= 4 is 11.8 Å². The Morgan fingerprint density at radius 2 is 1.64 bits per heavy atom. The summed E-state index contributed by atoms with van der Waals surface area (Å²) >= 11 is 0. The molecule has 1 aromatic rings. The number of carbonyl (C=O) groups excluding carboxylic acids is 2. The third kappa shape index (κ3) is 2.55. The second kappa shape index (κ2) is 6.89. The number of hydrogen-bond donors (Lipinski definition) is 3. The lowest BCUT2D eigenvalue weighted by molar-refractivity contribution is -0.293. The van der Waals surface area contributed by atoms with Crippen molar-refractivity contribution in [2.24, 2.45) is 39.9 Å². The van der Waals surface area contributed by atoms with E-state index in [1.165, 1.54) is 0 Å². The molecule has 0 amide bonds. The van der Waals surface area contributed by atoms with Gasteiger partial charge in [-0.2, -0.15) is 0 Å². The summed E-state index contributed by atoms with van der Waals surface area (Å²) in [5.74, 6) is -2.27. The van der Waals surface area contributed by atoms with Crippen LogP contribution >= 0.6 is 0 Å². The van der Waals surface area contributed by atoms with E-state index in [0.29, 0.717) is 12.0 Å². The van der Waals surface area contributed by atoms with E-state index < -0.39 is 46.6 Å². The number of aliphatic hydroxyl groups excluding tert-OH is 3. The van der Waals surface area contributed by atoms with Crippen molar-refractivity contribution in [1.29, 1.82) is 0 Å². The van der Waals surface area contributed by atoms with Crippen molar-refractivity contribution in [2.75, 3.05) is 0 Å². The van der Waals surface area contributed by atoms with Crippen molar-refractivity contribution in [2.45, 2.75) is 77.8 Å². The van der Waals surface area contributed by atoms with Gasteiger partial charge in [0.2, 0.25) is 0 Å². The number of rotatable bonds is 2. The Kier molecular flexibility index (Phi) is 4.81. The zero-order chi connectivity index (χ0) is 24.1. The van der Waals surface area contributed by atoms with Crippen LogP contribution in [0, 0.1) is 39.9 Å². The molecule has 0 radical (unpaired) electrons. The zero-order valence-electron chi connectivity index (χ0n) is 20.1. The number of esters is 1. The molecule has 4 fully saturated rings. The van der Waals surface area contributed by atoms with Crippen molar-refractivity contribution in [3.63, 3.8) is 0 Å². The molecule has 1 aromatic carbocycles. The smallest absolute Gasteiger partial charge is 0.339 e. The Balaban J connectivity index is 1.64. The fraction of sp³-hybridized carbons (Fsp3) is 0.704. The Bertz CT molecular complexity index is 990. The first-order valence-corrected chi connectivity index (χ1v) is 12.2. The summed E-state index contributed by atoms with van der Waals surface area (Å²) in [6, 6.07) is 8.52. The standard InChI is InChI=1S/C27H36O6/c1-14-13-27(33-22(31)15-9-7-6-8-10-15)18(19(14)28)21(30)25(4)12-11-16-17(20(29)24(16,2)3)26(25,5)23(27)32/h6-10,14,16-21,28-30H,11-13H2,1-5H3/t14-,16?,17+,18-,19+,20-,21-,25+,26-,27-/m1/s1. The number of benzene rings is 1. The van der Waals surface area contributed by atoms with Gasteiger partial charge in [0.1, 0.15) is 0 Å². The third-order valence-corrected chi connectivity index (χ3v) is 10.6. The lowest BCUT2D eigenvalue weighted by Gasteiger charge is -2.72. The monoisotopic (exact) mass is 456 g/mol. The highest BCUT2D eigenvalue weighted by Gasteiger charge is 2.80. The minimum atomic E-state index is -1.62. The first kappa shape index (κ1) is 23.0. The fourth-order valence-corrected chi connectivity index (χ4v) is 8.32. The van der Waals surface area contributed by atoms with Crippen LogP contribution in [0.25, 0.3) is 0 Å². The van der Waals surface area contributed by atoms with Crippen LogP contribution in [0.4, 0.5) is 0 Å². The Morgan fingerprint density at radius 3 is 2.27 bits per heavy atom.